The molecule has 4 nitrogen and oxygen atoms in total. The van der Waals surface area contributed by atoms with E-state index in [2.05, 4.69) is 35.9 Å². The highest BCUT2D eigenvalue weighted by Gasteiger charge is 2.28. The maximum atomic E-state index is 6.02. The van der Waals surface area contributed by atoms with Gasteiger partial charge in [-0.05, 0) is 37.5 Å². The molecule has 0 saturated heterocycles. The summed E-state index contributed by atoms with van der Waals surface area (Å²) >= 11 is 0. The number of guanidine groups is 1. The summed E-state index contributed by atoms with van der Waals surface area (Å²) in [6, 6.07) is 8.49. The Hall–Kier alpha value is -1.71. The highest BCUT2D eigenvalue weighted by Crippen LogP contribution is 2.29. The third-order valence-electron chi connectivity index (χ3n) is 3.27. The minimum absolute atomic E-state index is 0.182. The summed E-state index contributed by atoms with van der Waals surface area (Å²) in [6.07, 6.45) is 0.182. The Morgan fingerprint density at radius 1 is 1.35 bits per heavy atom. The molecule has 0 fully saturated rings. The average molecular weight is 275 g/mol. The molecular weight excluding hydrogens is 250 g/mol. The van der Waals surface area contributed by atoms with Crippen LogP contribution in [0, 0.1) is 5.92 Å². The zero-order chi connectivity index (χ0) is 14.7. The van der Waals surface area contributed by atoms with Crippen molar-refractivity contribution in [1.29, 1.82) is 0 Å². The minimum Gasteiger partial charge on any atom is -0.491 e. The molecular formula is C16H25N3O. The van der Waals surface area contributed by atoms with Gasteiger partial charge in [-0.1, -0.05) is 26.0 Å². The van der Waals surface area contributed by atoms with Crippen molar-refractivity contribution in [3.63, 3.8) is 0 Å². The van der Waals surface area contributed by atoms with Crippen molar-refractivity contribution in [2.75, 3.05) is 13.1 Å². The second-order valence-electron chi connectivity index (χ2n) is 6.00. The molecule has 2 rings (SSSR count). The monoisotopic (exact) mass is 275 g/mol. The Morgan fingerprint density at radius 3 is 2.75 bits per heavy atom. The van der Waals surface area contributed by atoms with Crippen LogP contribution in [0.3, 0.4) is 0 Å². The van der Waals surface area contributed by atoms with E-state index in [1.165, 1.54) is 5.56 Å². The molecule has 1 atom stereocenters. The van der Waals surface area contributed by atoms with E-state index >= 15 is 0 Å². The van der Waals surface area contributed by atoms with Crippen LogP contribution in [0.25, 0.3) is 0 Å². The van der Waals surface area contributed by atoms with Crippen molar-refractivity contribution < 1.29 is 4.74 Å². The standard InChI is InChI=1S/C16H25N3O/c1-11(2)10-19-15(9-18-16(19)17)13-6-5-7-14(8-13)20-12(3)4/h5-8,11-12,15H,9-10H2,1-4H3,(H2,17,18). The quantitative estimate of drug-likeness (QED) is 0.899. The summed E-state index contributed by atoms with van der Waals surface area (Å²) in [5.74, 6) is 2.12. The van der Waals surface area contributed by atoms with E-state index in [4.69, 9.17) is 10.5 Å². The molecule has 1 aromatic carbocycles. The third kappa shape index (κ3) is 3.44. The number of rotatable bonds is 5. The van der Waals surface area contributed by atoms with Crippen LogP contribution < -0.4 is 10.5 Å². The summed E-state index contributed by atoms with van der Waals surface area (Å²) in [5.41, 5.74) is 7.23. The van der Waals surface area contributed by atoms with Crippen molar-refractivity contribution in [3.05, 3.63) is 29.8 Å². The summed E-state index contributed by atoms with van der Waals surface area (Å²) in [7, 11) is 0. The molecule has 0 saturated carbocycles. The normalized spacial score (nSPS) is 18.8. The molecule has 1 aliphatic heterocycles. The van der Waals surface area contributed by atoms with Gasteiger partial charge in [0.25, 0.3) is 0 Å². The molecule has 0 aromatic heterocycles. The lowest BCUT2D eigenvalue weighted by molar-refractivity contribution is 0.241. The molecule has 1 heterocycles. The smallest absolute Gasteiger partial charge is 0.191 e. The summed E-state index contributed by atoms with van der Waals surface area (Å²) in [6.45, 7) is 10.1. The first-order valence-corrected chi connectivity index (χ1v) is 7.30. The van der Waals surface area contributed by atoms with Gasteiger partial charge in [-0.25, -0.2) is 0 Å². The molecule has 0 amide bonds. The van der Waals surface area contributed by atoms with Gasteiger partial charge in [-0.2, -0.15) is 0 Å². The van der Waals surface area contributed by atoms with Gasteiger partial charge >= 0.3 is 0 Å². The second-order valence-corrected chi connectivity index (χ2v) is 6.00. The fourth-order valence-corrected chi connectivity index (χ4v) is 2.50. The van der Waals surface area contributed by atoms with Gasteiger partial charge in [0.15, 0.2) is 5.96 Å². The average Bonchev–Trinajstić information content (AvgIpc) is 2.70. The van der Waals surface area contributed by atoms with Gasteiger partial charge in [0.05, 0.1) is 18.7 Å². The topological polar surface area (TPSA) is 50.8 Å². The fraction of sp³-hybridized carbons (Fsp3) is 0.562. The third-order valence-corrected chi connectivity index (χ3v) is 3.27. The molecule has 1 aliphatic rings. The van der Waals surface area contributed by atoms with Gasteiger partial charge in [-0.3, -0.25) is 4.99 Å². The van der Waals surface area contributed by atoms with Crippen molar-refractivity contribution >= 4 is 5.96 Å². The lowest BCUT2D eigenvalue weighted by Gasteiger charge is -2.28. The lowest BCUT2D eigenvalue weighted by atomic mass is 10.0. The molecule has 0 aliphatic carbocycles. The van der Waals surface area contributed by atoms with Gasteiger partial charge in [0.1, 0.15) is 5.75 Å². The molecule has 1 unspecified atom stereocenters. The predicted octanol–water partition coefficient (Wildman–Crippen LogP) is 2.80. The van der Waals surface area contributed by atoms with E-state index in [1.807, 2.05) is 26.0 Å². The van der Waals surface area contributed by atoms with Crippen LogP contribution in [0.1, 0.15) is 39.3 Å². The number of aliphatic imine (C=N–C) groups is 1. The van der Waals surface area contributed by atoms with Crippen molar-refractivity contribution in [1.82, 2.24) is 4.90 Å². The molecule has 0 radical (unpaired) electrons. The highest BCUT2D eigenvalue weighted by molar-refractivity contribution is 5.80. The van der Waals surface area contributed by atoms with Crippen LogP contribution in [0.5, 0.6) is 5.75 Å². The number of ether oxygens (including phenoxy) is 1. The van der Waals surface area contributed by atoms with Gasteiger partial charge < -0.3 is 15.4 Å². The Bertz CT molecular complexity index is 482. The number of hydrogen-bond acceptors (Lipinski definition) is 4. The Balaban J connectivity index is 2.18. The maximum Gasteiger partial charge on any atom is 0.191 e. The lowest BCUT2D eigenvalue weighted by Crippen LogP contribution is -2.38. The Labute approximate surface area is 121 Å². The number of nitrogens with two attached hydrogens (primary N) is 1. The largest absolute Gasteiger partial charge is 0.491 e. The van der Waals surface area contributed by atoms with E-state index in [9.17, 15) is 0 Å². The van der Waals surface area contributed by atoms with E-state index in [0.717, 1.165) is 18.8 Å². The van der Waals surface area contributed by atoms with E-state index in [-0.39, 0.29) is 12.1 Å². The number of hydrogen-bond donors (Lipinski definition) is 1. The summed E-state index contributed by atoms with van der Waals surface area (Å²) in [4.78, 5) is 6.59. The van der Waals surface area contributed by atoms with Crippen LogP contribution in [0.4, 0.5) is 0 Å². The SMILES string of the molecule is CC(C)CN1C(N)=NCC1c1cccc(OC(C)C)c1. The first kappa shape index (κ1) is 14.7. The van der Waals surface area contributed by atoms with Crippen LogP contribution in [-0.2, 0) is 0 Å². The first-order valence-electron chi connectivity index (χ1n) is 7.30. The molecule has 110 valence electrons. The highest BCUT2D eigenvalue weighted by atomic mass is 16.5. The maximum absolute atomic E-state index is 6.02. The summed E-state index contributed by atoms with van der Waals surface area (Å²) in [5, 5.41) is 0. The Kier molecular flexibility index (Phi) is 4.53. The fourth-order valence-electron chi connectivity index (χ4n) is 2.50. The number of benzene rings is 1. The molecule has 0 spiro atoms. The molecule has 20 heavy (non-hydrogen) atoms. The van der Waals surface area contributed by atoms with Crippen molar-refractivity contribution in [2.45, 2.75) is 39.8 Å². The molecule has 2 N–H and O–H groups in total. The number of nitrogens with zero attached hydrogens (tertiary/aromatic N) is 2. The summed E-state index contributed by atoms with van der Waals surface area (Å²) < 4.78 is 5.77. The van der Waals surface area contributed by atoms with Crippen LogP contribution >= 0.6 is 0 Å². The van der Waals surface area contributed by atoms with E-state index in [0.29, 0.717) is 11.9 Å². The predicted molar refractivity (Wildman–Crippen MR) is 83.0 cm³/mol. The van der Waals surface area contributed by atoms with Gasteiger partial charge in [0.2, 0.25) is 0 Å². The molecule has 1 aromatic rings. The minimum atomic E-state index is 0.182. The first-order chi connectivity index (χ1) is 9.47. The van der Waals surface area contributed by atoms with E-state index in [1.54, 1.807) is 0 Å². The Morgan fingerprint density at radius 2 is 2.10 bits per heavy atom. The molecule has 0 bridgehead atoms. The van der Waals surface area contributed by atoms with Gasteiger partial charge in [-0.15, -0.1) is 0 Å². The van der Waals surface area contributed by atoms with Crippen molar-refractivity contribution in [3.8, 4) is 5.75 Å². The van der Waals surface area contributed by atoms with Crippen LogP contribution in [0.15, 0.2) is 29.3 Å². The van der Waals surface area contributed by atoms with Crippen LogP contribution in [-0.4, -0.2) is 30.1 Å². The zero-order valence-electron chi connectivity index (χ0n) is 12.8. The van der Waals surface area contributed by atoms with Crippen molar-refractivity contribution in [2.24, 2.45) is 16.6 Å². The van der Waals surface area contributed by atoms with Gasteiger partial charge in [0, 0.05) is 6.54 Å². The van der Waals surface area contributed by atoms with E-state index < -0.39 is 0 Å². The molecule has 4 heteroatoms. The second kappa shape index (κ2) is 6.16. The van der Waals surface area contributed by atoms with Crippen LogP contribution in [0.2, 0.25) is 0 Å². The zero-order valence-corrected chi connectivity index (χ0v) is 12.8.